The molecule has 2 aromatic carbocycles. The first-order valence-electron chi connectivity index (χ1n) is 8.95. The van der Waals surface area contributed by atoms with Crippen molar-refractivity contribution in [2.75, 3.05) is 6.54 Å². The van der Waals surface area contributed by atoms with Gasteiger partial charge in [0, 0.05) is 22.4 Å². The molecule has 0 spiro atoms. The molecule has 2 N–H and O–H groups in total. The number of aryl methyl sites for hydroxylation is 1. The quantitative estimate of drug-likeness (QED) is 0.505. The molecule has 0 aliphatic rings. The van der Waals surface area contributed by atoms with Crippen LogP contribution in [0.1, 0.15) is 11.1 Å². The molecule has 2 aromatic heterocycles. The van der Waals surface area contributed by atoms with Crippen LogP contribution < -0.4 is 10.9 Å². The Morgan fingerprint density at radius 1 is 1.07 bits per heavy atom. The van der Waals surface area contributed by atoms with E-state index in [-0.39, 0.29) is 12.0 Å². The Hall–Kier alpha value is -3.87. The highest BCUT2D eigenvalue weighted by atomic mass is 16.4. The van der Waals surface area contributed by atoms with Crippen molar-refractivity contribution in [2.24, 2.45) is 0 Å². The molecule has 0 unspecified atom stereocenters. The van der Waals surface area contributed by atoms with Gasteiger partial charge in [0.15, 0.2) is 0 Å². The second-order valence-corrected chi connectivity index (χ2v) is 6.70. The van der Waals surface area contributed by atoms with E-state index in [1.54, 1.807) is 19.3 Å². The first kappa shape index (κ1) is 18.5. The summed E-state index contributed by atoms with van der Waals surface area (Å²) in [5.74, 6) is -1.71. The van der Waals surface area contributed by atoms with Crippen molar-refractivity contribution in [1.29, 1.82) is 0 Å². The van der Waals surface area contributed by atoms with E-state index in [0.29, 0.717) is 22.1 Å². The molecule has 0 radical (unpaired) electrons. The normalized spacial score (nSPS) is 11.1. The summed E-state index contributed by atoms with van der Waals surface area (Å²) in [5.41, 5.74) is 3.04. The second kappa shape index (κ2) is 7.27. The lowest BCUT2D eigenvalue weighted by Crippen LogP contribution is -2.32. The number of rotatable bonds is 5. The molecule has 0 saturated heterocycles. The Morgan fingerprint density at radius 2 is 1.83 bits per heavy atom. The standard InChI is InChI=1S/C22H17NO6/c1-12-14-7-16-17(13-5-3-2-4-6-13)11-28-18(16)9-19(14)29-22(27)15(12)8-20(24)23-10-21(25)26/h2-7,9,11H,8,10H2,1H3,(H,23,24)(H,25,26). The molecule has 7 nitrogen and oxygen atoms in total. The maximum Gasteiger partial charge on any atom is 0.340 e. The number of benzene rings is 2. The topological polar surface area (TPSA) is 110 Å². The molecule has 1 amide bonds. The van der Waals surface area contributed by atoms with Crippen LogP contribution in [0.15, 0.2) is 62.4 Å². The summed E-state index contributed by atoms with van der Waals surface area (Å²) < 4.78 is 11.1. The van der Waals surface area contributed by atoms with Gasteiger partial charge < -0.3 is 19.3 Å². The number of hydrogen-bond donors (Lipinski definition) is 2. The molecule has 29 heavy (non-hydrogen) atoms. The van der Waals surface area contributed by atoms with Gasteiger partial charge in [-0.1, -0.05) is 30.3 Å². The first-order valence-corrected chi connectivity index (χ1v) is 8.95. The third-order valence-corrected chi connectivity index (χ3v) is 4.84. The number of amides is 1. The molecule has 0 aliphatic heterocycles. The molecule has 4 aromatic rings. The van der Waals surface area contributed by atoms with Gasteiger partial charge in [-0.2, -0.15) is 0 Å². The average molecular weight is 391 g/mol. The number of aliphatic carboxylic acids is 1. The Balaban J connectivity index is 1.81. The minimum absolute atomic E-state index is 0.199. The van der Waals surface area contributed by atoms with Gasteiger partial charge in [0.05, 0.1) is 18.2 Å². The lowest BCUT2D eigenvalue weighted by Gasteiger charge is -2.08. The summed E-state index contributed by atoms with van der Waals surface area (Å²) >= 11 is 0. The molecule has 0 aliphatic carbocycles. The summed E-state index contributed by atoms with van der Waals surface area (Å²) in [7, 11) is 0. The van der Waals surface area contributed by atoms with Crippen molar-refractivity contribution in [1.82, 2.24) is 5.32 Å². The molecular weight excluding hydrogens is 374 g/mol. The Labute approximate surface area is 164 Å². The number of carbonyl (C=O) groups is 2. The maximum absolute atomic E-state index is 12.4. The zero-order valence-corrected chi connectivity index (χ0v) is 15.5. The largest absolute Gasteiger partial charge is 0.480 e. The van der Waals surface area contributed by atoms with Crippen LogP contribution in [-0.2, 0) is 16.0 Å². The highest BCUT2D eigenvalue weighted by Crippen LogP contribution is 2.34. The molecular formula is C22H17NO6. The average Bonchev–Trinajstić information content (AvgIpc) is 3.12. The molecule has 0 atom stereocenters. The third-order valence-electron chi connectivity index (χ3n) is 4.84. The second-order valence-electron chi connectivity index (χ2n) is 6.70. The summed E-state index contributed by atoms with van der Waals surface area (Å²) in [6, 6.07) is 13.3. The van der Waals surface area contributed by atoms with Crippen molar-refractivity contribution >= 4 is 33.8 Å². The Morgan fingerprint density at radius 3 is 2.55 bits per heavy atom. The van der Waals surface area contributed by atoms with Gasteiger partial charge >= 0.3 is 11.6 Å². The Bertz CT molecular complexity index is 1300. The van der Waals surface area contributed by atoms with Gasteiger partial charge in [-0.25, -0.2) is 4.79 Å². The van der Waals surface area contributed by atoms with Crippen molar-refractivity contribution < 1.29 is 23.5 Å². The highest BCUT2D eigenvalue weighted by molar-refractivity contribution is 6.02. The lowest BCUT2D eigenvalue weighted by atomic mass is 9.99. The first-order chi connectivity index (χ1) is 13.9. The number of hydrogen-bond acceptors (Lipinski definition) is 5. The summed E-state index contributed by atoms with van der Waals surface area (Å²) in [6.45, 7) is 1.24. The zero-order chi connectivity index (χ0) is 20.5. The van der Waals surface area contributed by atoms with Crippen molar-refractivity contribution in [2.45, 2.75) is 13.3 Å². The van der Waals surface area contributed by atoms with Gasteiger partial charge in [-0.15, -0.1) is 0 Å². The van der Waals surface area contributed by atoms with Crippen LogP contribution in [0.3, 0.4) is 0 Å². The molecule has 7 heteroatoms. The molecule has 0 bridgehead atoms. The predicted molar refractivity (Wildman–Crippen MR) is 107 cm³/mol. The fraction of sp³-hybridized carbons (Fsp3) is 0.136. The minimum atomic E-state index is -1.16. The van der Waals surface area contributed by atoms with Crippen molar-refractivity contribution in [3.8, 4) is 11.1 Å². The SMILES string of the molecule is Cc1c(CC(=O)NCC(=O)O)c(=O)oc2cc3occ(-c4ccccc4)c3cc12. The smallest absolute Gasteiger partial charge is 0.340 e. The van der Waals surface area contributed by atoms with E-state index in [1.807, 2.05) is 36.4 Å². The van der Waals surface area contributed by atoms with E-state index >= 15 is 0 Å². The number of nitrogens with one attached hydrogen (secondary N) is 1. The van der Waals surface area contributed by atoms with Crippen LogP contribution in [-0.4, -0.2) is 23.5 Å². The number of carboxylic acids is 1. The summed E-state index contributed by atoms with van der Waals surface area (Å²) in [5, 5.41) is 12.5. The van der Waals surface area contributed by atoms with Crippen LogP contribution >= 0.6 is 0 Å². The highest BCUT2D eigenvalue weighted by Gasteiger charge is 2.18. The van der Waals surface area contributed by atoms with Crippen LogP contribution in [0.2, 0.25) is 0 Å². The number of furan rings is 1. The van der Waals surface area contributed by atoms with Crippen LogP contribution in [0, 0.1) is 6.92 Å². The van der Waals surface area contributed by atoms with E-state index in [1.165, 1.54) is 0 Å². The third kappa shape index (κ3) is 3.50. The fourth-order valence-electron chi connectivity index (χ4n) is 3.35. The van der Waals surface area contributed by atoms with E-state index in [2.05, 4.69) is 5.32 Å². The van der Waals surface area contributed by atoms with Gasteiger partial charge in [-0.05, 0) is 24.1 Å². The lowest BCUT2D eigenvalue weighted by molar-refractivity contribution is -0.137. The maximum atomic E-state index is 12.4. The van der Waals surface area contributed by atoms with Gasteiger partial charge in [0.2, 0.25) is 5.91 Å². The molecule has 0 fully saturated rings. The fourth-order valence-corrected chi connectivity index (χ4v) is 3.35. The van der Waals surface area contributed by atoms with Crippen molar-refractivity contribution in [3.63, 3.8) is 0 Å². The van der Waals surface area contributed by atoms with Gasteiger partial charge in [0.1, 0.15) is 17.7 Å². The van der Waals surface area contributed by atoms with E-state index in [9.17, 15) is 14.4 Å². The van der Waals surface area contributed by atoms with Gasteiger partial charge in [0.25, 0.3) is 0 Å². The van der Waals surface area contributed by atoms with E-state index < -0.39 is 24.0 Å². The van der Waals surface area contributed by atoms with Crippen LogP contribution in [0.25, 0.3) is 33.1 Å². The minimum Gasteiger partial charge on any atom is -0.480 e. The van der Waals surface area contributed by atoms with E-state index in [4.69, 9.17) is 13.9 Å². The summed E-state index contributed by atoms with van der Waals surface area (Å²) in [6.07, 6.45) is 1.40. The monoisotopic (exact) mass is 391 g/mol. The van der Waals surface area contributed by atoms with Crippen LogP contribution in [0.4, 0.5) is 0 Å². The number of carboxylic acid groups (broad SMARTS) is 1. The molecule has 0 saturated carbocycles. The van der Waals surface area contributed by atoms with E-state index in [0.717, 1.165) is 16.5 Å². The Kier molecular flexibility index (Phi) is 4.64. The zero-order valence-electron chi connectivity index (χ0n) is 15.5. The predicted octanol–water partition coefficient (Wildman–Crippen LogP) is 3.26. The van der Waals surface area contributed by atoms with Gasteiger partial charge in [-0.3, -0.25) is 9.59 Å². The van der Waals surface area contributed by atoms with Crippen molar-refractivity contribution in [3.05, 3.63) is 70.3 Å². The number of carbonyl (C=O) groups excluding carboxylic acids is 1. The number of fused-ring (bicyclic) bond motifs is 2. The molecule has 146 valence electrons. The van der Waals surface area contributed by atoms with Crippen LogP contribution in [0.5, 0.6) is 0 Å². The molecule has 4 rings (SSSR count). The summed E-state index contributed by atoms with van der Waals surface area (Å²) in [4.78, 5) is 35.0. The molecule has 2 heterocycles.